The number of ether oxygens (including phenoxy) is 2. The number of methoxy groups -OCH3 is 2. The highest BCUT2D eigenvalue weighted by atomic mass is 19.1. The van der Waals surface area contributed by atoms with E-state index in [-0.39, 0.29) is 0 Å². The summed E-state index contributed by atoms with van der Waals surface area (Å²) in [6.07, 6.45) is -0.523. The third-order valence-corrected chi connectivity index (χ3v) is 2.48. The molecule has 7 heteroatoms. The number of amides is 1. The topological polar surface area (TPSA) is 81.7 Å². The van der Waals surface area contributed by atoms with Gasteiger partial charge in [-0.05, 0) is 17.7 Å². The van der Waals surface area contributed by atoms with Gasteiger partial charge in [-0.25, -0.2) is 9.18 Å². The number of nitrogens with one attached hydrogen (secondary N) is 1. The molecule has 0 fully saturated rings. The molecule has 1 N–H and O–H groups in total. The van der Waals surface area contributed by atoms with Gasteiger partial charge in [-0.3, -0.25) is 9.59 Å². The summed E-state index contributed by atoms with van der Waals surface area (Å²) in [5, 5.41) is 2.33. The number of rotatable bonds is 5. The predicted molar refractivity (Wildman–Crippen MR) is 65.9 cm³/mol. The summed E-state index contributed by atoms with van der Waals surface area (Å²) in [7, 11) is 2.30. The molecule has 20 heavy (non-hydrogen) atoms. The van der Waals surface area contributed by atoms with Gasteiger partial charge in [-0.15, -0.1) is 0 Å². The number of halogens is 1. The van der Waals surface area contributed by atoms with Gasteiger partial charge in [0.2, 0.25) is 5.91 Å². The van der Waals surface area contributed by atoms with E-state index in [1.807, 2.05) is 0 Å². The SMILES string of the molecule is COC(=O)CC(=O)NC(C(=O)OC)c1ccc(F)cc1. The molecule has 0 radical (unpaired) electrons. The lowest BCUT2D eigenvalue weighted by Crippen LogP contribution is -2.35. The van der Waals surface area contributed by atoms with Crippen LogP contribution in [0.4, 0.5) is 4.39 Å². The molecule has 6 nitrogen and oxygen atoms in total. The van der Waals surface area contributed by atoms with Crippen molar-refractivity contribution in [2.24, 2.45) is 0 Å². The van der Waals surface area contributed by atoms with Crippen molar-refractivity contribution in [2.45, 2.75) is 12.5 Å². The fourth-order valence-electron chi connectivity index (χ4n) is 1.47. The minimum atomic E-state index is -1.11. The lowest BCUT2D eigenvalue weighted by atomic mass is 10.1. The molecule has 0 saturated heterocycles. The zero-order chi connectivity index (χ0) is 15.1. The highest BCUT2D eigenvalue weighted by molar-refractivity contribution is 5.96. The molecular weight excluding hydrogens is 269 g/mol. The van der Waals surface area contributed by atoms with Crippen molar-refractivity contribution < 1.29 is 28.2 Å². The maximum absolute atomic E-state index is 12.8. The first-order valence-corrected chi connectivity index (χ1v) is 5.67. The zero-order valence-electron chi connectivity index (χ0n) is 11.0. The fraction of sp³-hybridized carbons (Fsp3) is 0.308. The van der Waals surface area contributed by atoms with Crippen molar-refractivity contribution in [3.63, 3.8) is 0 Å². The van der Waals surface area contributed by atoms with Crippen LogP contribution in [-0.4, -0.2) is 32.1 Å². The van der Waals surface area contributed by atoms with E-state index in [4.69, 9.17) is 0 Å². The number of hydrogen-bond donors (Lipinski definition) is 1. The minimum Gasteiger partial charge on any atom is -0.469 e. The molecule has 0 aliphatic carbocycles. The summed E-state index contributed by atoms with van der Waals surface area (Å²) in [4.78, 5) is 34.2. The molecule has 0 spiro atoms. The average molecular weight is 283 g/mol. The quantitative estimate of drug-likeness (QED) is 0.636. The summed E-state index contributed by atoms with van der Waals surface area (Å²) in [5.41, 5.74) is 0.344. The zero-order valence-corrected chi connectivity index (χ0v) is 11.0. The summed E-state index contributed by atoms with van der Waals surface area (Å²) >= 11 is 0. The third-order valence-electron chi connectivity index (χ3n) is 2.48. The molecule has 1 amide bonds. The van der Waals surface area contributed by atoms with Crippen LogP contribution in [0.25, 0.3) is 0 Å². The van der Waals surface area contributed by atoms with Crippen LogP contribution < -0.4 is 5.32 Å². The molecule has 0 heterocycles. The van der Waals surface area contributed by atoms with Crippen LogP contribution >= 0.6 is 0 Å². The Kier molecular flexibility index (Phi) is 5.64. The van der Waals surface area contributed by atoms with Crippen molar-refractivity contribution in [3.05, 3.63) is 35.6 Å². The van der Waals surface area contributed by atoms with Gasteiger partial charge in [-0.1, -0.05) is 12.1 Å². The van der Waals surface area contributed by atoms with Crippen LogP contribution in [0.15, 0.2) is 24.3 Å². The summed E-state index contributed by atoms with van der Waals surface area (Å²) in [5.74, 6) is -2.63. The lowest BCUT2D eigenvalue weighted by molar-refractivity contribution is -0.148. The van der Waals surface area contributed by atoms with Crippen molar-refractivity contribution >= 4 is 17.8 Å². The van der Waals surface area contributed by atoms with Crippen molar-refractivity contribution in [2.75, 3.05) is 14.2 Å². The van der Waals surface area contributed by atoms with Gasteiger partial charge in [0, 0.05) is 0 Å². The van der Waals surface area contributed by atoms with Crippen LogP contribution in [-0.2, 0) is 23.9 Å². The fourth-order valence-corrected chi connectivity index (χ4v) is 1.47. The second-order valence-corrected chi connectivity index (χ2v) is 3.83. The standard InChI is InChI=1S/C13H14FNO5/c1-19-11(17)7-10(16)15-12(13(18)20-2)8-3-5-9(14)6-4-8/h3-6,12H,7H2,1-2H3,(H,15,16). The molecule has 0 bridgehead atoms. The molecule has 1 aromatic carbocycles. The normalized spacial score (nSPS) is 11.3. The number of hydrogen-bond acceptors (Lipinski definition) is 5. The Balaban J connectivity index is 2.85. The summed E-state index contributed by atoms with van der Waals surface area (Å²) in [6, 6.07) is 3.87. The Labute approximate surface area is 114 Å². The highest BCUT2D eigenvalue weighted by Gasteiger charge is 2.24. The Morgan fingerprint density at radius 1 is 1.15 bits per heavy atom. The van der Waals surface area contributed by atoms with E-state index >= 15 is 0 Å². The second-order valence-electron chi connectivity index (χ2n) is 3.83. The van der Waals surface area contributed by atoms with Gasteiger partial charge in [0.15, 0.2) is 6.04 Å². The maximum Gasteiger partial charge on any atom is 0.333 e. The van der Waals surface area contributed by atoms with Crippen LogP contribution in [0.1, 0.15) is 18.0 Å². The molecular formula is C13H14FNO5. The van der Waals surface area contributed by atoms with E-state index < -0.39 is 36.1 Å². The molecule has 108 valence electrons. The van der Waals surface area contributed by atoms with Gasteiger partial charge in [0.1, 0.15) is 12.2 Å². The molecule has 0 aliphatic rings. The molecule has 0 saturated carbocycles. The van der Waals surface area contributed by atoms with Crippen molar-refractivity contribution in [1.82, 2.24) is 5.32 Å². The number of benzene rings is 1. The molecule has 0 aromatic heterocycles. The van der Waals surface area contributed by atoms with Crippen LogP contribution in [0.5, 0.6) is 0 Å². The maximum atomic E-state index is 12.8. The smallest absolute Gasteiger partial charge is 0.333 e. The number of carbonyl (C=O) groups is 3. The van der Waals surface area contributed by atoms with Gasteiger partial charge in [-0.2, -0.15) is 0 Å². The molecule has 1 unspecified atom stereocenters. The summed E-state index contributed by atoms with van der Waals surface area (Å²) in [6.45, 7) is 0. The van der Waals surface area contributed by atoms with Crippen molar-refractivity contribution in [3.8, 4) is 0 Å². The third kappa shape index (κ3) is 4.34. The van der Waals surface area contributed by atoms with Crippen LogP contribution in [0.2, 0.25) is 0 Å². The van der Waals surface area contributed by atoms with E-state index in [0.29, 0.717) is 5.56 Å². The number of carbonyl (C=O) groups excluding carboxylic acids is 3. The van der Waals surface area contributed by atoms with Gasteiger partial charge >= 0.3 is 11.9 Å². The minimum absolute atomic E-state index is 0.344. The van der Waals surface area contributed by atoms with Crippen molar-refractivity contribution in [1.29, 1.82) is 0 Å². The van der Waals surface area contributed by atoms with E-state index in [1.165, 1.54) is 12.1 Å². The Bertz CT molecular complexity index is 500. The first-order valence-electron chi connectivity index (χ1n) is 5.67. The first-order chi connectivity index (χ1) is 9.47. The highest BCUT2D eigenvalue weighted by Crippen LogP contribution is 2.15. The van der Waals surface area contributed by atoms with Crippen LogP contribution in [0, 0.1) is 5.82 Å². The van der Waals surface area contributed by atoms with Gasteiger partial charge < -0.3 is 14.8 Å². The van der Waals surface area contributed by atoms with E-state index in [9.17, 15) is 18.8 Å². The van der Waals surface area contributed by atoms with E-state index in [1.54, 1.807) is 0 Å². The monoisotopic (exact) mass is 283 g/mol. The molecule has 1 atom stereocenters. The lowest BCUT2D eigenvalue weighted by Gasteiger charge is -2.16. The van der Waals surface area contributed by atoms with Crippen LogP contribution in [0.3, 0.4) is 0 Å². The average Bonchev–Trinajstić information content (AvgIpc) is 2.44. The van der Waals surface area contributed by atoms with Gasteiger partial charge in [0.25, 0.3) is 0 Å². The summed E-state index contributed by atoms with van der Waals surface area (Å²) < 4.78 is 21.8. The first kappa shape index (κ1) is 15.6. The Morgan fingerprint density at radius 3 is 2.25 bits per heavy atom. The predicted octanol–water partition coefficient (Wildman–Crippen LogP) is 0.719. The Morgan fingerprint density at radius 2 is 1.75 bits per heavy atom. The number of esters is 2. The van der Waals surface area contributed by atoms with E-state index in [0.717, 1.165) is 26.4 Å². The van der Waals surface area contributed by atoms with Gasteiger partial charge in [0.05, 0.1) is 14.2 Å². The molecule has 1 aromatic rings. The molecule has 0 aliphatic heterocycles. The second kappa shape index (κ2) is 7.22. The Hall–Kier alpha value is -2.44. The largest absolute Gasteiger partial charge is 0.469 e. The molecule has 1 rings (SSSR count). The van der Waals surface area contributed by atoms with E-state index in [2.05, 4.69) is 14.8 Å².